The zero-order valence-corrected chi connectivity index (χ0v) is 21.7. The van der Waals surface area contributed by atoms with Crippen LogP contribution in [0.2, 0.25) is 5.02 Å². The zero-order valence-electron chi connectivity index (χ0n) is 20.1. The van der Waals surface area contributed by atoms with Crippen LogP contribution >= 0.6 is 11.6 Å². The Bertz CT molecular complexity index is 1820. The van der Waals surface area contributed by atoms with Gasteiger partial charge in [0.05, 0.1) is 32.6 Å². The van der Waals surface area contributed by atoms with Crippen LogP contribution in [0.15, 0.2) is 94.6 Å². The normalized spacial score (nSPS) is 12.9. The highest BCUT2D eigenvalue weighted by Crippen LogP contribution is 2.31. The summed E-state index contributed by atoms with van der Waals surface area (Å²) in [5.74, 6) is -0.419. The molecule has 9 heteroatoms. The van der Waals surface area contributed by atoms with Crippen molar-refractivity contribution >= 4 is 43.3 Å². The third kappa shape index (κ3) is 4.41. The van der Waals surface area contributed by atoms with Gasteiger partial charge in [0, 0.05) is 7.05 Å². The average molecular weight is 536 g/mol. The number of hydrogen-bond acceptors (Lipinski definition) is 4. The predicted molar refractivity (Wildman–Crippen MR) is 144 cm³/mol. The lowest BCUT2D eigenvalue weighted by Crippen LogP contribution is -2.36. The summed E-state index contributed by atoms with van der Waals surface area (Å²) in [6.07, 6.45) is 0.322. The highest BCUT2D eigenvalue weighted by Gasteiger charge is 2.32. The van der Waals surface area contributed by atoms with Crippen LogP contribution < -0.4 is 5.56 Å². The minimum atomic E-state index is -3.98. The van der Waals surface area contributed by atoms with Crippen molar-refractivity contribution in [3.8, 4) is 5.69 Å². The van der Waals surface area contributed by atoms with Crippen molar-refractivity contribution in [1.82, 2.24) is 13.9 Å². The van der Waals surface area contributed by atoms with Gasteiger partial charge in [0.25, 0.3) is 5.56 Å². The number of nitrogens with zero attached hydrogens (tertiary/aromatic N) is 3. The first-order chi connectivity index (χ1) is 17.7. The Morgan fingerprint density at radius 2 is 1.68 bits per heavy atom. The summed E-state index contributed by atoms with van der Waals surface area (Å²) >= 11 is 6.05. The molecule has 1 aromatic heterocycles. The van der Waals surface area contributed by atoms with E-state index in [-0.39, 0.29) is 15.7 Å². The molecule has 5 aromatic rings. The number of halogens is 2. The van der Waals surface area contributed by atoms with E-state index in [4.69, 9.17) is 16.6 Å². The third-order valence-electron chi connectivity index (χ3n) is 6.48. The number of fused-ring (bicyclic) bond motifs is 2. The predicted octanol–water partition coefficient (Wildman–Crippen LogP) is 6.10. The van der Waals surface area contributed by atoms with Gasteiger partial charge in [-0.1, -0.05) is 61.0 Å². The Hall–Kier alpha value is -3.59. The maximum Gasteiger partial charge on any atom is 0.266 e. The van der Waals surface area contributed by atoms with E-state index in [9.17, 15) is 17.6 Å². The molecule has 6 nitrogen and oxygen atoms in total. The number of rotatable bonds is 6. The molecule has 0 bridgehead atoms. The average Bonchev–Trinajstić information content (AvgIpc) is 2.90. The maximum absolute atomic E-state index is 14.0. The van der Waals surface area contributed by atoms with Crippen LogP contribution in [-0.2, 0) is 10.0 Å². The summed E-state index contributed by atoms with van der Waals surface area (Å²) in [5.41, 5.74) is 0.319. The molecule has 1 unspecified atom stereocenters. The lowest BCUT2D eigenvalue weighted by atomic mass is 10.1. The minimum Gasteiger partial charge on any atom is -0.268 e. The van der Waals surface area contributed by atoms with Crippen LogP contribution in [0.3, 0.4) is 0 Å². The topological polar surface area (TPSA) is 72.3 Å². The molecule has 1 atom stereocenters. The van der Waals surface area contributed by atoms with Gasteiger partial charge in [-0.25, -0.2) is 17.8 Å². The molecule has 0 aliphatic carbocycles. The first-order valence-electron chi connectivity index (χ1n) is 11.7. The number of benzene rings is 4. The van der Waals surface area contributed by atoms with Crippen molar-refractivity contribution in [1.29, 1.82) is 0 Å². The van der Waals surface area contributed by atoms with Gasteiger partial charge in [-0.3, -0.25) is 9.36 Å². The molecule has 0 aliphatic rings. The second-order valence-corrected chi connectivity index (χ2v) is 11.1. The van der Waals surface area contributed by atoms with Crippen LogP contribution in [0.25, 0.3) is 27.4 Å². The smallest absolute Gasteiger partial charge is 0.266 e. The number of aromatic nitrogens is 2. The van der Waals surface area contributed by atoms with Crippen LogP contribution in [0.4, 0.5) is 4.39 Å². The molecule has 0 saturated carbocycles. The van der Waals surface area contributed by atoms with E-state index in [0.717, 1.165) is 10.8 Å². The maximum atomic E-state index is 14.0. The van der Waals surface area contributed by atoms with E-state index in [1.807, 2.05) is 31.2 Å². The van der Waals surface area contributed by atoms with Crippen LogP contribution in [-0.4, -0.2) is 29.3 Å². The summed E-state index contributed by atoms with van der Waals surface area (Å²) in [5, 5.41) is 1.91. The van der Waals surface area contributed by atoms with Crippen molar-refractivity contribution in [2.75, 3.05) is 7.05 Å². The molecule has 4 aromatic carbocycles. The van der Waals surface area contributed by atoms with E-state index in [0.29, 0.717) is 23.0 Å². The summed E-state index contributed by atoms with van der Waals surface area (Å²) < 4.78 is 44.1. The van der Waals surface area contributed by atoms with Crippen molar-refractivity contribution in [3.63, 3.8) is 0 Å². The van der Waals surface area contributed by atoms with Crippen molar-refractivity contribution in [2.45, 2.75) is 24.3 Å². The number of para-hydroxylation sites is 1. The van der Waals surface area contributed by atoms with Gasteiger partial charge in [-0.05, 0) is 59.7 Å². The molecule has 0 spiro atoms. The summed E-state index contributed by atoms with van der Waals surface area (Å²) in [6, 6.07) is 22.4. The molecule has 0 saturated heterocycles. The van der Waals surface area contributed by atoms with E-state index in [2.05, 4.69) is 0 Å². The second-order valence-electron chi connectivity index (χ2n) is 8.68. The zero-order chi connectivity index (χ0) is 26.3. The standard InChI is InChI=1S/C28H23ClFN3O3S/c1-3-26(32(2)37(35,36)21-14-12-18-8-4-5-9-19(18)16-21)27-31-25-11-7-6-10-22(25)28(34)33(27)20-13-15-24(30)23(29)17-20/h4-17,26H,3H2,1-2H3. The van der Waals surface area contributed by atoms with Crippen LogP contribution in [0, 0.1) is 5.82 Å². The van der Waals surface area contributed by atoms with Gasteiger partial charge in [-0.15, -0.1) is 0 Å². The lowest BCUT2D eigenvalue weighted by molar-refractivity contribution is 0.347. The van der Waals surface area contributed by atoms with Gasteiger partial charge < -0.3 is 0 Å². The van der Waals surface area contributed by atoms with E-state index >= 15 is 0 Å². The number of sulfonamides is 1. The fraction of sp³-hybridized carbons (Fsp3) is 0.143. The Balaban J connectivity index is 1.71. The first kappa shape index (κ1) is 25.1. The molecule has 0 fully saturated rings. The first-order valence-corrected chi connectivity index (χ1v) is 13.5. The van der Waals surface area contributed by atoms with Crippen LogP contribution in [0.5, 0.6) is 0 Å². The van der Waals surface area contributed by atoms with Gasteiger partial charge >= 0.3 is 0 Å². The fourth-order valence-corrected chi connectivity index (χ4v) is 6.11. The quantitative estimate of drug-likeness (QED) is 0.263. The van der Waals surface area contributed by atoms with Crippen LogP contribution in [0.1, 0.15) is 25.2 Å². The Morgan fingerprint density at radius 3 is 2.41 bits per heavy atom. The molecule has 37 heavy (non-hydrogen) atoms. The second kappa shape index (κ2) is 9.70. The SMILES string of the molecule is CCC(c1nc2ccccc2c(=O)n1-c1ccc(F)c(Cl)c1)N(C)S(=O)(=O)c1ccc2ccccc2c1. The molecule has 0 amide bonds. The molecule has 0 radical (unpaired) electrons. The fourth-order valence-electron chi connectivity index (χ4n) is 4.51. The summed E-state index contributed by atoms with van der Waals surface area (Å²) in [4.78, 5) is 18.5. The largest absolute Gasteiger partial charge is 0.268 e. The van der Waals surface area contributed by atoms with Crippen molar-refractivity contribution in [3.05, 3.63) is 112 Å². The van der Waals surface area contributed by atoms with Gasteiger partial charge in [0.2, 0.25) is 10.0 Å². The third-order valence-corrected chi connectivity index (χ3v) is 8.64. The molecule has 0 N–H and O–H groups in total. The van der Waals surface area contributed by atoms with Crippen molar-refractivity contribution in [2.24, 2.45) is 0 Å². The molecular formula is C28H23ClFN3O3S. The Labute approximate surface area is 218 Å². The number of hydrogen-bond donors (Lipinski definition) is 0. The van der Waals surface area contributed by atoms with E-state index in [1.54, 1.807) is 42.5 Å². The molecule has 0 aliphatic heterocycles. The highest BCUT2D eigenvalue weighted by atomic mass is 35.5. The molecular weight excluding hydrogens is 513 g/mol. The van der Waals surface area contributed by atoms with Crippen molar-refractivity contribution < 1.29 is 12.8 Å². The summed E-state index contributed by atoms with van der Waals surface area (Å²) in [7, 11) is -2.50. The van der Waals surface area contributed by atoms with Gasteiger partial charge in [-0.2, -0.15) is 4.31 Å². The van der Waals surface area contributed by atoms with E-state index < -0.39 is 27.4 Å². The molecule has 5 rings (SSSR count). The molecule has 1 heterocycles. The lowest BCUT2D eigenvalue weighted by Gasteiger charge is -2.28. The molecule has 188 valence electrons. The van der Waals surface area contributed by atoms with Gasteiger partial charge in [0.15, 0.2) is 0 Å². The minimum absolute atomic E-state index is 0.131. The Morgan fingerprint density at radius 1 is 0.973 bits per heavy atom. The highest BCUT2D eigenvalue weighted by molar-refractivity contribution is 7.89. The summed E-state index contributed by atoms with van der Waals surface area (Å²) in [6.45, 7) is 1.82. The van der Waals surface area contributed by atoms with Gasteiger partial charge in [0.1, 0.15) is 11.6 Å². The monoisotopic (exact) mass is 535 g/mol. The van der Waals surface area contributed by atoms with E-state index in [1.165, 1.54) is 34.1 Å². The Kier molecular flexibility index (Phi) is 6.58.